The number of aromatic hydroxyl groups is 1. The van der Waals surface area contributed by atoms with E-state index in [9.17, 15) is 19.1 Å². The maximum atomic E-state index is 13.9. The summed E-state index contributed by atoms with van der Waals surface area (Å²) >= 11 is 0. The smallest absolute Gasteiger partial charge is 0.266 e. The highest BCUT2D eigenvalue weighted by molar-refractivity contribution is 6.08. The molecule has 0 aliphatic heterocycles. The van der Waals surface area contributed by atoms with Gasteiger partial charge < -0.3 is 15.4 Å². The van der Waals surface area contributed by atoms with Gasteiger partial charge in [0.05, 0.1) is 23.0 Å². The number of amides is 1. The highest BCUT2D eigenvalue weighted by Crippen LogP contribution is 2.27. The van der Waals surface area contributed by atoms with Crippen LogP contribution in [0.15, 0.2) is 53.5 Å². The van der Waals surface area contributed by atoms with Crippen LogP contribution in [0.1, 0.15) is 21.5 Å². The molecule has 146 valence electrons. The molecule has 0 aliphatic carbocycles. The third kappa shape index (κ3) is 3.25. The van der Waals surface area contributed by atoms with Crippen molar-refractivity contribution in [3.63, 3.8) is 0 Å². The summed E-state index contributed by atoms with van der Waals surface area (Å²) in [5, 5.41) is 17.3. The number of H-pyrrole nitrogens is 1. The molecule has 0 spiro atoms. The molecule has 2 heterocycles. The zero-order chi connectivity index (χ0) is 20.7. The maximum Gasteiger partial charge on any atom is 0.266 e. The van der Waals surface area contributed by atoms with E-state index in [0.29, 0.717) is 5.69 Å². The highest BCUT2D eigenvalue weighted by atomic mass is 19.1. The molecule has 4 aromatic rings. The first-order valence-electron chi connectivity index (χ1n) is 8.82. The summed E-state index contributed by atoms with van der Waals surface area (Å²) in [5.41, 5.74) is 1.26. The van der Waals surface area contributed by atoms with Crippen molar-refractivity contribution in [2.75, 3.05) is 5.32 Å². The van der Waals surface area contributed by atoms with E-state index in [2.05, 4.69) is 15.4 Å². The summed E-state index contributed by atoms with van der Waals surface area (Å²) in [4.78, 5) is 27.8. The van der Waals surface area contributed by atoms with Gasteiger partial charge in [-0.05, 0) is 49.2 Å². The number of hydrogen-bond acceptors (Lipinski definition) is 4. The molecule has 2 aromatic heterocycles. The van der Waals surface area contributed by atoms with Crippen LogP contribution in [0.2, 0.25) is 0 Å². The van der Waals surface area contributed by atoms with E-state index in [1.54, 1.807) is 19.1 Å². The van der Waals surface area contributed by atoms with Crippen molar-refractivity contribution in [2.45, 2.75) is 13.8 Å². The summed E-state index contributed by atoms with van der Waals surface area (Å²) < 4.78 is 15.4. The number of carbonyl (C=O) groups excluding carboxylic acids is 1. The van der Waals surface area contributed by atoms with Crippen molar-refractivity contribution in [3.8, 4) is 11.4 Å². The van der Waals surface area contributed by atoms with Gasteiger partial charge in [-0.25, -0.2) is 9.07 Å². The third-order valence-electron chi connectivity index (χ3n) is 4.56. The number of anilines is 1. The number of rotatable bonds is 3. The van der Waals surface area contributed by atoms with Crippen molar-refractivity contribution in [3.05, 3.63) is 81.5 Å². The Hall–Kier alpha value is -3.94. The summed E-state index contributed by atoms with van der Waals surface area (Å²) in [5.74, 6) is -2.08. The van der Waals surface area contributed by atoms with Gasteiger partial charge in [0, 0.05) is 0 Å². The lowest BCUT2D eigenvalue weighted by Gasteiger charge is -2.09. The van der Waals surface area contributed by atoms with E-state index in [-0.39, 0.29) is 16.7 Å². The fraction of sp³-hybridized carbons (Fsp3) is 0.0952. The van der Waals surface area contributed by atoms with Crippen molar-refractivity contribution in [1.82, 2.24) is 14.8 Å². The first-order chi connectivity index (χ1) is 13.8. The number of fused-ring (bicyclic) bond motifs is 1. The van der Waals surface area contributed by atoms with Gasteiger partial charge in [-0.1, -0.05) is 18.2 Å². The van der Waals surface area contributed by atoms with E-state index >= 15 is 0 Å². The molecular formula is C21H17FN4O3. The standard InChI is InChI=1S/C21H17FN4O3/c1-11-4-3-5-13(8-11)26-19-14(10-23-26)18(27)17(21(29)25-19)20(28)24-16-9-12(2)6-7-15(16)22/h3-10H,1-2H3,(H,24,28)(H2,25,27,29). The van der Waals surface area contributed by atoms with E-state index in [1.165, 1.54) is 23.0 Å². The van der Waals surface area contributed by atoms with E-state index in [0.717, 1.165) is 11.1 Å². The molecule has 0 saturated heterocycles. The Morgan fingerprint density at radius 1 is 1.17 bits per heavy atom. The minimum absolute atomic E-state index is 0.0793. The minimum atomic E-state index is -0.918. The van der Waals surface area contributed by atoms with Crippen LogP contribution in [0.4, 0.5) is 10.1 Å². The highest BCUT2D eigenvalue weighted by Gasteiger charge is 2.22. The van der Waals surface area contributed by atoms with Crippen LogP contribution in [0.5, 0.6) is 5.75 Å². The van der Waals surface area contributed by atoms with Crippen LogP contribution in [-0.4, -0.2) is 25.8 Å². The molecule has 0 unspecified atom stereocenters. The maximum absolute atomic E-state index is 13.9. The number of halogens is 1. The molecule has 29 heavy (non-hydrogen) atoms. The number of benzene rings is 2. The number of nitrogens with one attached hydrogen (secondary N) is 2. The van der Waals surface area contributed by atoms with Crippen LogP contribution in [0.25, 0.3) is 16.7 Å². The average molecular weight is 392 g/mol. The third-order valence-corrected chi connectivity index (χ3v) is 4.56. The Kier molecular flexibility index (Phi) is 4.38. The lowest BCUT2D eigenvalue weighted by molar-refractivity contribution is 0.102. The Morgan fingerprint density at radius 3 is 2.69 bits per heavy atom. The van der Waals surface area contributed by atoms with Gasteiger partial charge >= 0.3 is 0 Å². The normalized spacial score (nSPS) is 11.0. The second-order valence-electron chi connectivity index (χ2n) is 6.77. The zero-order valence-corrected chi connectivity index (χ0v) is 15.7. The number of hydrogen-bond donors (Lipinski definition) is 3. The predicted molar refractivity (Wildman–Crippen MR) is 107 cm³/mol. The number of nitrogens with zero attached hydrogens (tertiary/aromatic N) is 2. The number of aryl methyl sites for hydroxylation is 2. The van der Waals surface area contributed by atoms with Gasteiger partial charge in [0.1, 0.15) is 22.8 Å². The largest absolute Gasteiger partial charge is 0.506 e. The molecule has 2 aromatic carbocycles. The fourth-order valence-electron chi connectivity index (χ4n) is 3.14. The number of aromatic amines is 1. The van der Waals surface area contributed by atoms with Crippen LogP contribution in [0, 0.1) is 19.7 Å². The lowest BCUT2D eigenvalue weighted by Crippen LogP contribution is -2.24. The first kappa shape index (κ1) is 18.4. The van der Waals surface area contributed by atoms with Crippen molar-refractivity contribution in [2.24, 2.45) is 0 Å². The van der Waals surface area contributed by atoms with E-state index < -0.39 is 28.6 Å². The van der Waals surface area contributed by atoms with Gasteiger partial charge in [-0.15, -0.1) is 0 Å². The van der Waals surface area contributed by atoms with Crippen molar-refractivity contribution < 1.29 is 14.3 Å². The predicted octanol–water partition coefficient (Wildman–Crippen LogP) is 3.43. The van der Waals surface area contributed by atoms with Crippen molar-refractivity contribution >= 4 is 22.6 Å². The average Bonchev–Trinajstić information content (AvgIpc) is 3.09. The van der Waals surface area contributed by atoms with Crippen LogP contribution in [0.3, 0.4) is 0 Å². The van der Waals surface area contributed by atoms with E-state index in [1.807, 2.05) is 25.1 Å². The molecule has 0 bridgehead atoms. The molecule has 1 amide bonds. The van der Waals surface area contributed by atoms with Gasteiger partial charge in [0.2, 0.25) is 0 Å². The number of carbonyl (C=O) groups is 1. The monoisotopic (exact) mass is 392 g/mol. The molecule has 7 nitrogen and oxygen atoms in total. The van der Waals surface area contributed by atoms with Crippen LogP contribution in [-0.2, 0) is 0 Å². The molecule has 0 atom stereocenters. The van der Waals surface area contributed by atoms with Gasteiger partial charge in [0.15, 0.2) is 0 Å². The summed E-state index contributed by atoms with van der Waals surface area (Å²) in [7, 11) is 0. The molecule has 4 rings (SSSR count). The zero-order valence-electron chi connectivity index (χ0n) is 15.7. The van der Waals surface area contributed by atoms with Gasteiger partial charge in [0.25, 0.3) is 11.5 Å². The molecule has 0 radical (unpaired) electrons. The quantitative estimate of drug-likeness (QED) is 0.497. The van der Waals surface area contributed by atoms with Crippen LogP contribution >= 0.6 is 0 Å². The summed E-state index contributed by atoms with van der Waals surface area (Å²) in [6, 6.07) is 11.6. The summed E-state index contributed by atoms with van der Waals surface area (Å²) in [6.45, 7) is 3.66. The van der Waals surface area contributed by atoms with Crippen molar-refractivity contribution in [1.29, 1.82) is 0 Å². The fourth-order valence-corrected chi connectivity index (χ4v) is 3.14. The lowest BCUT2D eigenvalue weighted by atomic mass is 10.1. The van der Waals surface area contributed by atoms with E-state index in [4.69, 9.17) is 0 Å². The Morgan fingerprint density at radius 2 is 1.93 bits per heavy atom. The Bertz CT molecular complexity index is 1320. The SMILES string of the molecule is Cc1cccc(-n2ncc3c(O)c(C(=O)Nc4cc(C)ccc4F)c(=O)[nH]c32)c1. The molecule has 0 aliphatic rings. The molecule has 3 N–H and O–H groups in total. The Balaban J connectivity index is 1.80. The molecule has 0 saturated carbocycles. The van der Waals surface area contributed by atoms with Crippen LogP contribution < -0.4 is 10.9 Å². The number of aromatic nitrogens is 3. The Labute approximate surface area is 164 Å². The second-order valence-corrected chi connectivity index (χ2v) is 6.77. The molecule has 0 fully saturated rings. The van der Waals surface area contributed by atoms with Gasteiger partial charge in [-0.2, -0.15) is 5.10 Å². The topological polar surface area (TPSA) is 100 Å². The molecular weight excluding hydrogens is 375 g/mol. The summed E-state index contributed by atoms with van der Waals surface area (Å²) in [6.07, 6.45) is 1.35. The van der Waals surface area contributed by atoms with Gasteiger partial charge in [-0.3, -0.25) is 9.59 Å². The second kappa shape index (κ2) is 6.90. The first-order valence-corrected chi connectivity index (χ1v) is 8.82. The molecule has 8 heteroatoms. The minimum Gasteiger partial charge on any atom is -0.506 e. The number of pyridine rings is 1.